The van der Waals surface area contributed by atoms with Crippen molar-refractivity contribution in [2.24, 2.45) is 5.73 Å². The molecule has 2 aromatic carbocycles. The molecule has 3 heterocycles. The number of rotatable bonds is 8. The monoisotopic (exact) mass is 583 g/mol. The van der Waals surface area contributed by atoms with Crippen molar-refractivity contribution in [2.45, 2.75) is 19.6 Å². The van der Waals surface area contributed by atoms with E-state index < -0.39 is 30.5 Å². The average Bonchev–Trinajstić information content (AvgIpc) is 3.52. The number of alkyl halides is 3. The smallest absolute Gasteiger partial charge is 0.422 e. The number of pyridine rings is 1. The lowest BCUT2D eigenvalue weighted by Crippen LogP contribution is -2.22. The van der Waals surface area contributed by atoms with Crippen molar-refractivity contribution in [1.29, 1.82) is 0 Å². The van der Waals surface area contributed by atoms with Crippen molar-refractivity contribution in [3.05, 3.63) is 94.4 Å². The maximum Gasteiger partial charge on any atom is 0.422 e. The molecule has 0 aliphatic carbocycles. The number of anilines is 1. The Morgan fingerprint density at radius 2 is 1.85 bits per heavy atom. The van der Waals surface area contributed by atoms with Gasteiger partial charge in [0.15, 0.2) is 12.4 Å². The summed E-state index contributed by atoms with van der Waals surface area (Å²) in [5.74, 6) is -2.19. The average molecular weight is 584 g/mol. The Morgan fingerprint density at radius 3 is 2.54 bits per heavy atom. The molecule has 3 N–H and O–H groups in total. The number of halogens is 4. The van der Waals surface area contributed by atoms with Gasteiger partial charge in [-0.05, 0) is 36.2 Å². The zero-order chi connectivity index (χ0) is 29.3. The molecule has 14 heteroatoms. The molecule has 0 unspecified atom stereocenters. The van der Waals surface area contributed by atoms with Gasteiger partial charge < -0.3 is 15.8 Å². The highest BCUT2D eigenvalue weighted by molar-refractivity contribution is 6.32. The van der Waals surface area contributed by atoms with Crippen LogP contribution in [0, 0.1) is 6.92 Å². The number of aromatic nitrogens is 5. The van der Waals surface area contributed by atoms with Crippen LogP contribution in [0.4, 0.5) is 18.9 Å². The number of aryl methyl sites for hydroxylation is 1. The normalized spacial score (nSPS) is 11.5. The van der Waals surface area contributed by atoms with Crippen molar-refractivity contribution in [3.8, 4) is 11.7 Å². The van der Waals surface area contributed by atoms with Crippen LogP contribution in [-0.2, 0) is 6.54 Å². The van der Waals surface area contributed by atoms with Gasteiger partial charge in [0.2, 0.25) is 5.88 Å². The van der Waals surface area contributed by atoms with Gasteiger partial charge in [-0.3, -0.25) is 14.3 Å². The molecule has 0 bridgehead atoms. The zero-order valence-corrected chi connectivity index (χ0v) is 22.1. The van der Waals surface area contributed by atoms with Crippen LogP contribution in [0.2, 0.25) is 5.02 Å². The number of amides is 2. The summed E-state index contributed by atoms with van der Waals surface area (Å²) in [5.41, 5.74) is 7.28. The lowest BCUT2D eigenvalue weighted by molar-refractivity contribution is -0.154. The molecular formula is C27H21ClF3N7O3. The van der Waals surface area contributed by atoms with Gasteiger partial charge in [0.05, 0.1) is 22.8 Å². The van der Waals surface area contributed by atoms with E-state index in [1.165, 1.54) is 18.3 Å². The predicted octanol–water partition coefficient (Wildman–Crippen LogP) is 4.92. The second kappa shape index (κ2) is 10.9. The maximum atomic E-state index is 13.5. The number of hydrogen-bond donors (Lipinski definition) is 2. The van der Waals surface area contributed by atoms with E-state index in [9.17, 15) is 22.8 Å². The van der Waals surface area contributed by atoms with E-state index in [-0.39, 0.29) is 33.3 Å². The molecule has 0 saturated heterocycles. The fourth-order valence-corrected chi connectivity index (χ4v) is 4.43. The number of nitrogens with two attached hydrogens (primary N) is 1. The minimum absolute atomic E-state index is 0.0249. The minimum Gasteiger partial charge on any atom is -0.467 e. The third kappa shape index (κ3) is 5.99. The number of carbonyl (C=O) groups is 2. The molecule has 0 fully saturated rings. The van der Waals surface area contributed by atoms with Gasteiger partial charge in [0.1, 0.15) is 11.2 Å². The van der Waals surface area contributed by atoms with Crippen molar-refractivity contribution < 1.29 is 27.5 Å². The minimum atomic E-state index is -4.64. The molecule has 3 aromatic heterocycles. The molecule has 41 heavy (non-hydrogen) atoms. The summed E-state index contributed by atoms with van der Waals surface area (Å²) in [6.45, 7) is 0.467. The molecule has 5 rings (SSSR count). The summed E-state index contributed by atoms with van der Waals surface area (Å²) in [6, 6.07) is 15.3. The van der Waals surface area contributed by atoms with E-state index in [0.29, 0.717) is 17.5 Å². The SMILES string of the molecule is Cc1cc2cn(Cc3ccccc3)nc2c(C(N)=O)c1NC(=O)c1cc(OCC(F)(F)F)nn1-c1ncccc1Cl. The second-order valence-corrected chi connectivity index (χ2v) is 9.41. The fourth-order valence-electron chi connectivity index (χ4n) is 4.23. The molecule has 0 spiro atoms. The lowest BCUT2D eigenvalue weighted by Gasteiger charge is -2.13. The second-order valence-electron chi connectivity index (χ2n) is 9.00. The Balaban J connectivity index is 1.54. The van der Waals surface area contributed by atoms with Crippen molar-refractivity contribution in [3.63, 3.8) is 0 Å². The highest BCUT2D eigenvalue weighted by Crippen LogP contribution is 2.31. The Bertz CT molecular complexity index is 1770. The summed E-state index contributed by atoms with van der Waals surface area (Å²) in [6.07, 6.45) is -1.51. The lowest BCUT2D eigenvalue weighted by atomic mass is 10.0. The van der Waals surface area contributed by atoms with Crippen molar-refractivity contribution in [1.82, 2.24) is 24.5 Å². The molecule has 10 nitrogen and oxygen atoms in total. The van der Waals surface area contributed by atoms with Crippen LogP contribution in [0.25, 0.3) is 16.7 Å². The highest BCUT2D eigenvalue weighted by atomic mass is 35.5. The first-order chi connectivity index (χ1) is 19.5. The quantitative estimate of drug-likeness (QED) is 0.267. The molecule has 5 aromatic rings. The number of ether oxygens (including phenoxy) is 1. The van der Waals surface area contributed by atoms with Gasteiger partial charge >= 0.3 is 6.18 Å². The summed E-state index contributed by atoms with van der Waals surface area (Å²) in [4.78, 5) is 30.3. The maximum absolute atomic E-state index is 13.5. The van der Waals surface area contributed by atoms with Crippen LogP contribution in [0.1, 0.15) is 32.0 Å². The van der Waals surface area contributed by atoms with Gasteiger partial charge in [0.25, 0.3) is 11.8 Å². The highest BCUT2D eigenvalue weighted by Gasteiger charge is 2.30. The number of benzene rings is 2. The first kappa shape index (κ1) is 27.6. The van der Waals surface area contributed by atoms with Gasteiger partial charge in [-0.1, -0.05) is 41.9 Å². The Kier molecular flexibility index (Phi) is 7.37. The molecule has 0 radical (unpaired) electrons. The third-order valence-electron chi connectivity index (χ3n) is 5.96. The summed E-state index contributed by atoms with van der Waals surface area (Å²) < 4.78 is 45.7. The van der Waals surface area contributed by atoms with Gasteiger partial charge in [-0.15, -0.1) is 5.10 Å². The molecule has 0 aliphatic heterocycles. The van der Waals surface area contributed by atoms with E-state index >= 15 is 0 Å². The number of fused-ring (bicyclic) bond motifs is 1. The number of nitrogens with one attached hydrogen (secondary N) is 1. The number of primary amides is 1. The standard InChI is InChI=1S/C27H21ClF3N7O3/c1-15-10-17-13-37(12-16-6-3-2-4-7-16)36-23(17)21(24(32)39)22(15)34-26(40)19-11-20(41-14-27(29,30)31)35-38(19)25-18(28)8-5-9-33-25/h2-11,13H,12,14H2,1H3,(H2,32,39)(H,34,40). The van der Waals surface area contributed by atoms with Crippen LogP contribution in [0.15, 0.2) is 67.0 Å². The Morgan fingerprint density at radius 1 is 1.10 bits per heavy atom. The summed E-state index contributed by atoms with van der Waals surface area (Å²) in [7, 11) is 0. The van der Waals surface area contributed by atoms with E-state index in [1.807, 2.05) is 30.3 Å². The Labute approximate surface area is 235 Å². The molecule has 0 saturated carbocycles. The Hall–Kier alpha value is -4.91. The number of carbonyl (C=O) groups excluding carboxylic acids is 2. The van der Waals surface area contributed by atoms with Crippen LogP contribution in [-0.4, -0.2) is 49.1 Å². The van der Waals surface area contributed by atoms with E-state index in [4.69, 9.17) is 22.1 Å². The van der Waals surface area contributed by atoms with E-state index in [2.05, 4.69) is 20.5 Å². The van der Waals surface area contributed by atoms with E-state index in [0.717, 1.165) is 16.3 Å². The third-order valence-corrected chi connectivity index (χ3v) is 6.25. The first-order valence-corrected chi connectivity index (χ1v) is 12.4. The molecule has 210 valence electrons. The largest absolute Gasteiger partial charge is 0.467 e. The summed E-state index contributed by atoms with van der Waals surface area (Å²) >= 11 is 6.22. The molecule has 0 atom stereocenters. The molecular weight excluding hydrogens is 563 g/mol. The molecule has 0 aliphatic rings. The van der Waals surface area contributed by atoms with Gasteiger partial charge in [-0.25, -0.2) is 9.67 Å². The predicted molar refractivity (Wildman–Crippen MR) is 144 cm³/mol. The first-order valence-electron chi connectivity index (χ1n) is 12.1. The number of nitrogens with zero attached hydrogens (tertiary/aromatic N) is 5. The van der Waals surface area contributed by atoms with Crippen LogP contribution in [0.3, 0.4) is 0 Å². The van der Waals surface area contributed by atoms with E-state index in [1.54, 1.807) is 23.9 Å². The van der Waals surface area contributed by atoms with Crippen LogP contribution >= 0.6 is 11.6 Å². The number of hydrogen-bond acceptors (Lipinski definition) is 6. The van der Waals surface area contributed by atoms with Crippen LogP contribution in [0.5, 0.6) is 5.88 Å². The van der Waals surface area contributed by atoms with Crippen LogP contribution < -0.4 is 15.8 Å². The summed E-state index contributed by atoms with van der Waals surface area (Å²) in [5, 5.41) is 11.8. The van der Waals surface area contributed by atoms with Gasteiger partial charge in [0, 0.05) is 23.8 Å². The van der Waals surface area contributed by atoms with Crippen molar-refractivity contribution >= 4 is 40.0 Å². The zero-order valence-electron chi connectivity index (χ0n) is 21.3. The fraction of sp³-hybridized carbons (Fsp3) is 0.148. The molecule has 2 amide bonds. The van der Waals surface area contributed by atoms with Crippen molar-refractivity contribution in [2.75, 3.05) is 11.9 Å². The topological polar surface area (TPSA) is 130 Å². The van der Waals surface area contributed by atoms with Gasteiger partial charge in [-0.2, -0.15) is 18.3 Å².